The number of benzene rings is 2. The van der Waals surface area contributed by atoms with E-state index in [-0.39, 0.29) is 5.69 Å². The molecule has 2 rings (SSSR count). The second-order valence-electron chi connectivity index (χ2n) is 3.91. The number of carbonyl (C=O) groups is 1. The standard InChI is InChI=1S/C14H12F2N2O2/c1-20-10-5-2-4-9(8-10)17-14(19)18-12-7-3-6-11(15)13(12)16/h2-8H,1H3,(H2,17,18,19). The van der Waals surface area contributed by atoms with Crippen LogP contribution < -0.4 is 15.4 Å². The lowest BCUT2D eigenvalue weighted by Crippen LogP contribution is -2.20. The van der Waals surface area contributed by atoms with Crippen LogP contribution in [0.1, 0.15) is 0 Å². The van der Waals surface area contributed by atoms with Crippen molar-refractivity contribution in [3.63, 3.8) is 0 Å². The fourth-order valence-electron chi connectivity index (χ4n) is 1.59. The van der Waals surface area contributed by atoms with Gasteiger partial charge in [0.05, 0.1) is 12.8 Å². The van der Waals surface area contributed by atoms with E-state index in [2.05, 4.69) is 10.6 Å². The number of hydrogen-bond acceptors (Lipinski definition) is 2. The topological polar surface area (TPSA) is 50.4 Å². The number of ether oxygens (including phenoxy) is 1. The van der Waals surface area contributed by atoms with E-state index in [4.69, 9.17) is 4.74 Å². The van der Waals surface area contributed by atoms with Gasteiger partial charge in [0, 0.05) is 11.8 Å². The van der Waals surface area contributed by atoms with Crippen molar-refractivity contribution in [2.45, 2.75) is 0 Å². The lowest BCUT2D eigenvalue weighted by Gasteiger charge is -2.09. The van der Waals surface area contributed by atoms with Gasteiger partial charge in [-0.2, -0.15) is 0 Å². The van der Waals surface area contributed by atoms with E-state index in [9.17, 15) is 13.6 Å². The van der Waals surface area contributed by atoms with Crippen molar-refractivity contribution in [3.05, 3.63) is 54.1 Å². The summed E-state index contributed by atoms with van der Waals surface area (Å²) in [5.74, 6) is -1.56. The molecular weight excluding hydrogens is 266 g/mol. The summed E-state index contributed by atoms with van der Waals surface area (Å²) in [5, 5.41) is 4.72. The number of anilines is 2. The van der Waals surface area contributed by atoms with E-state index >= 15 is 0 Å². The molecule has 4 nitrogen and oxygen atoms in total. The van der Waals surface area contributed by atoms with Gasteiger partial charge in [-0.15, -0.1) is 0 Å². The van der Waals surface area contributed by atoms with E-state index in [1.165, 1.54) is 19.2 Å². The predicted molar refractivity (Wildman–Crippen MR) is 72.0 cm³/mol. The van der Waals surface area contributed by atoms with Crippen molar-refractivity contribution in [1.29, 1.82) is 0 Å². The summed E-state index contributed by atoms with van der Waals surface area (Å²) >= 11 is 0. The number of halogens is 2. The molecule has 0 aliphatic heterocycles. The van der Waals surface area contributed by atoms with Gasteiger partial charge in [-0.1, -0.05) is 12.1 Å². The number of carbonyl (C=O) groups excluding carboxylic acids is 1. The largest absolute Gasteiger partial charge is 0.497 e. The van der Waals surface area contributed by atoms with Gasteiger partial charge in [0.25, 0.3) is 0 Å². The summed E-state index contributed by atoms with van der Waals surface area (Å²) in [6.07, 6.45) is 0. The van der Waals surface area contributed by atoms with E-state index in [1.807, 2.05) is 0 Å². The minimum atomic E-state index is -1.10. The van der Waals surface area contributed by atoms with Crippen LogP contribution in [0.15, 0.2) is 42.5 Å². The SMILES string of the molecule is COc1cccc(NC(=O)Nc2cccc(F)c2F)c1. The zero-order valence-electron chi connectivity index (χ0n) is 10.6. The van der Waals surface area contributed by atoms with Crippen LogP contribution in [-0.2, 0) is 0 Å². The molecule has 0 saturated carbocycles. The number of urea groups is 1. The maximum atomic E-state index is 13.4. The number of rotatable bonds is 3. The number of amides is 2. The van der Waals surface area contributed by atoms with Crippen LogP contribution in [0.3, 0.4) is 0 Å². The molecule has 0 saturated heterocycles. The molecule has 0 heterocycles. The van der Waals surface area contributed by atoms with Crippen molar-refractivity contribution in [3.8, 4) is 5.75 Å². The summed E-state index contributed by atoms with van der Waals surface area (Å²) < 4.78 is 31.4. The second kappa shape index (κ2) is 6.01. The van der Waals surface area contributed by atoms with Gasteiger partial charge >= 0.3 is 6.03 Å². The molecule has 2 aromatic rings. The molecule has 0 fully saturated rings. The van der Waals surface area contributed by atoms with Gasteiger partial charge in [0.1, 0.15) is 5.75 Å². The predicted octanol–water partition coefficient (Wildman–Crippen LogP) is 3.62. The second-order valence-corrected chi connectivity index (χ2v) is 3.91. The third-order valence-electron chi connectivity index (χ3n) is 2.53. The maximum Gasteiger partial charge on any atom is 0.323 e. The van der Waals surface area contributed by atoms with Gasteiger partial charge in [0.2, 0.25) is 0 Å². The van der Waals surface area contributed by atoms with Crippen molar-refractivity contribution in [2.75, 3.05) is 17.7 Å². The third kappa shape index (κ3) is 3.23. The number of methoxy groups -OCH3 is 1. The Balaban J connectivity index is 2.07. The van der Waals surface area contributed by atoms with Crippen molar-refractivity contribution in [2.24, 2.45) is 0 Å². The van der Waals surface area contributed by atoms with Crippen LogP contribution in [0.4, 0.5) is 25.0 Å². The summed E-state index contributed by atoms with van der Waals surface area (Å²) in [6.45, 7) is 0. The molecule has 0 aliphatic rings. The Hall–Kier alpha value is -2.63. The van der Waals surface area contributed by atoms with Gasteiger partial charge in [-0.3, -0.25) is 0 Å². The van der Waals surface area contributed by atoms with Gasteiger partial charge in [-0.25, -0.2) is 13.6 Å². The average Bonchev–Trinajstić information content (AvgIpc) is 2.44. The molecule has 0 spiro atoms. The van der Waals surface area contributed by atoms with Gasteiger partial charge in [0.15, 0.2) is 11.6 Å². The van der Waals surface area contributed by atoms with E-state index < -0.39 is 17.7 Å². The Morgan fingerprint density at radius 3 is 2.60 bits per heavy atom. The van der Waals surface area contributed by atoms with Crippen molar-refractivity contribution in [1.82, 2.24) is 0 Å². The zero-order chi connectivity index (χ0) is 14.5. The first-order chi connectivity index (χ1) is 9.60. The number of hydrogen-bond donors (Lipinski definition) is 2. The van der Waals surface area contributed by atoms with Gasteiger partial charge < -0.3 is 15.4 Å². The van der Waals surface area contributed by atoms with E-state index in [0.717, 1.165) is 6.07 Å². The third-order valence-corrected chi connectivity index (χ3v) is 2.53. The van der Waals surface area contributed by atoms with Crippen LogP contribution in [-0.4, -0.2) is 13.1 Å². The Morgan fingerprint density at radius 2 is 1.85 bits per heavy atom. The molecule has 20 heavy (non-hydrogen) atoms. The van der Waals surface area contributed by atoms with Crippen LogP contribution in [0.25, 0.3) is 0 Å². The summed E-state index contributed by atoms with van der Waals surface area (Å²) in [6, 6.07) is 9.52. The minimum Gasteiger partial charge on any atom is -0.497 e. The Labute approximate surface area is 114 Å². The number of nitrogens with one attached hydrogen (secondary N) is 2. The zero-order valence-corrected chi connectivity index (χ0v) is 10.6. The molecule has 2 aromatic carbocycles. The molecule has 0 bridgehead atoms. The lowest BCUT2D eigenvalue weighted by atomic mass is 10.3. The van der Waals surface area contributed by atoms with Crippen LogP contribution >= 0.6 is 0 Å². The monoisotopic (exact) mass is 278 g/mol. The first-order valence-electron chi connectivity index (χ1n) is 5.76. The van der Waals surface area contributed by atoms with Crippen LogP contribution in [0, 0.1) is 11.6 Å². The van der Waals surface area contributed by atoms with Crippen molar-refractivity contribution < 1.29 is 18.3 Å². The molecule has 0 aromatic heterocycles. The molecule has 0 atom stereocenters. The maximum absolute atomic E-state index is 13.4. The first-order valence-corrected chi connectivity index (χ1v) is 5.76. The Kier molecular flexibility index (Phi) is 4.14. The quantitative estimate of drug-likeness (QED) is 0.901. The minimum absolute atomic E-state index is 0.231. The van der Waals surface area contributed by atoms with E-state index in [1.54, 1.807) is 24.3 Å². The molecule has 104 valence electrons. The highest BCUT2D eigenvalue weighted by atomic mass is 19.2. The van der Waals surface area contributed by atoms with Crippen LogP contribution in [0.2, 0.25) is 0 Å². The van der Waals surface area contributed by atoms with E-state index in [0.29, 0.717) is 11.4 Å². The Bertz CT molecular complexity index is 632. The molecule has 0 aliphatic carbocycles. The molecule has 2 amide bonds. The first kappa shape index (κ1) is 13.8. The molecule has 0 radical (unpaired) electrons. The fourth-order valence-corrected chi connectivity index (χ4v) is 1.59. The molecule has 0 unspecified atom stereocenters. The Morgan fingerprint density at radius 1 is 1.10 bits per heavy atom. The lowest BCUT2D eigenvalue weighted by molar-refractivity contribution is 0.262. The highest BCUT2D eigenvalue weighted by Gasteiger charge is 2.10. The van der Waals surface area contributed by atoms with Crippen LogP contribution in [0.5, 0.6) is 5.75 Å². The summed E-state index contributed by atoms with van der Waals surface area (Å²) in [5.41, 5.74) is 0.240. The highest BCUT2D eigenvalue weighted by molar-refractivity contribution is 5.99. The van der Waals surface area contributed by atoms with Gasteiger partial charge in [-0.05, 0) is 24.3 Å². The molecule has 6 heteroatoms. The summed E-state index contributed by atoms with van der Waals surface area (Å²) in [7, 11) is 1.50. The molecular formula is C14H12F2N2O2. The fraction of sp³-hybridized carbons (Fsp3) is 0.0714. The van der Waals surface area contributed by atoms with Crippen molar-refractivity contribution >= 4 is 17.4 Å². The summed E-state index contributed by atoms with van der Waals surface area (Å²) in [4.78, 5) is 11.7. The molecule has 2 N–H and O–H groups in total. The average molecular weight is 278 g/mol. The highest BCUT2D eigenvalue weighted by Crippen LogP contribution is 2.19. The normalized spacial score (nSPS) is 9.95. The smallest absolute Gasteiger partial charge is 0.323 e.